The molecule has 6 heteroatoms. The molecule has 0 saturated carbocycles. The summed E-state index contributed by atoms with van der Waals surface area (Å²) in [6.07, 6.45) is 3.70. The van der Waals surface area contributed by atoms with E-state index in [0.717, 1.165) is 26.0 Å². The maximum absolute atomic E-state index is 11.6. The molecule has 0 radical (unpaired) electrons. The SMILES string of the molecule is CN(C)C(=O)c1ccc(NCC2CCCCO2)nn1. The Kier molecular flexibility index (Phi) is 4.68. The largest absolute Gasteiger partial charge is 0.376 e. The van der Waals surface area contributed by atoms with E-state index in [4.69, 9.17) is 4.74 Å². The summed E-state index contributed by atoms with van der Waals surface area (Å²) in [4.78, 5) is 13.1. The number of nitrogens with one attached hydrogen (secondary N) is 1. The minimum Gasteiger partial charge on any atom is -0.376 e. The van der Waals surface area contributed by atoms with Crippen molar-refractivity contribution in [2.45, 2.75) is 25.4 Å². The zero-order valence-electron chi connectivity index (χ0n) is 11.4. The third kappa shape index (κ3) is 3.89. The van der Waals surface area contributed by atoms with Gasteiger partial charge in [0.25, 0.3) is 5.91 Å². The molecule has 1 saturated heterocycles. The predicted octanol–water partition coefficient (Wildman–Crippen LogP) is 1.16. The summed E-state index contributed by atoms with van der Waals surface area (Å²) in [6.45, 7) is 1.57. The molecule has 1 aromatic heterocycles. The topological polar surface area (TPSA) is 67.4 Å². The molecule has 6 nitrogen and oxygen atoms in total. The fourth-order valence-corrected chi connectivity index (χ4v) is 1.96. The van der Waals surface area contributed by atoms with Crippen molar-refractivity contribution in [2.75, 3.05) is 32.6 Å². The molecule has 1 aliphatic heterocycles. The molecule has 1 aromatic rings. The maximum atomic E-state index is 11.6. The summed E-state index contributed by atoms with van der Waals surface area (Å²) in [7, 11) is 3.38. The molecule has 1 amide bonds. The standard InChI is InChI=1S/C13H20N4O2/c1-17(2)13(18)11-6-7-12(16-15-11)14-9-10-5-3-4-8-19-10/h6-7,10H,3-5,8-9H2,1-2H3,(H,14,16). The van der Waals surface area contributed by atoms with Crippen molar-refractivity contribution in [2.24, 2.45) is 0 Å². The van der Waals surface area contributed by atoms with Crippen LogP contribution in [0.5, 0.6) is 0 Å². The third-order valence-electron chi connectivity index (χ3n) is 3.07. The van der Waals surface area contributed by atoms with E-state index in [2.05, 4.69) is 15.5 Å². The number of amides is 1. The molecular formula is C13H20N4O2. The van der Waals surface area contributed by atoms with E-state index in [1.807, 2.05) is 0 Å². The molecule has 0 aliphatic carbocycles. The van der Waals surface area contributed by atoms with Gasteiger partial charge >= 0.3 is 0 Å². The van der Waals surface area contributed by atoms with Crippen LogP contribution in [0.15, 0.2) is 12.1 Å². The first-order valence-electron chi connectivity index (χ1n) is 6.57. The van der Waals surface area contributed by atoms with Gasteiger partial charge in [-0.3, -0.25) is 4.79 Å². The van der Waals surface area contributed by atoms with E-state index in [-0.39, 0.29) is 12.0 Å². The van der Waals surface area contributed by atoms with E-state index in [9.17, 15) is 4.79 Å². The van der Waals surface area contributed by atoms with Crippen LogP contribution in [-0.2, 0) is 4.74 Å². The number of hydrogen-bond acceptors (Lipinski definition) is 5. The summed E-state index contributed by atoms with van der Waals surface area (Å²) >= 11 is 0. The van der Waals surface area contributed by atoms with Crippen LogP contribution in [0.3, 0.4) is 0 Å². The van der Waals surface area contributed by atoms with E-state index < -0.39 is 0 Å². The highest BCUT2D eigenvalue weighted by molar-refractivity contribution is 5.91. The smallest absolute Gasteiger partial charge is 0.273 e. The molecule has 1 fully saturated rings. The van der Waals surface area contributed by atoms with Crippen LogP contribution >= 0.6 is 0 Å². The maximum Gasteiger partial charge on any atom is 0.273 e. The van der Waals surface area contributed by atoms with E-state index >= 15 is 0 Å². The van der Waals surface area contributed by atoms with Gasteiger partial charge in [-0.1, -0.05) is 0 Å². The second-order valence-corrected chi connectivity index (χ2v) is 4.87. The van der Waals surface area contributed by atoms with Crippen molar-refractivity contribution in [1.29, 1.82) is 0 Å². The van der Waals surface area contributed by atoms with Crippen LogP contribution in [0.25, 0.3) is 0 Å². The average molecular weight is 264 g/mol. The first-order chi connectivity index (χ1) is 9.16. The molecule has 1 aliphatic rings. The number of ether oxygens (including phenoxy) is 1. The third-order valence-corrected chi connectivity index (χ3v) is 3.07. The number of carbonyl (C=O) groups excluding carboxylic acids is 1. The van der Waals surface area contributed by atoms with Gasteiger partial charge in [-0.05, 0) is 31.4 Å². The number of nitrogens with zero attached hydrogens (tertiary/aromatic N) is 3. The van der Waals surface area contributed by atoms with Crippen molar-refractivity contribution in [1.82, 2.24) is 15.1 Å². The minimum absolute atomic E-state index is 0.144. The Morgan fingerprint density at radius 2 is 2.26 bits per heavy atom. The predicted molar refractivity (Wildman–Crippen MR) is 72.1 cm³/mol. The molecule has 2 rings (SSSR count). The van der Waals surface area contributed by atoms with Crippen molar-refractivity contribution < 1.29 is 9.53 Å². The lowest BCUT2D eigenvalue weighted by atomic mass is 10.1. The Balaban J connectivity index is 1.86. The van der Waals surface area contributed by atoms with Crippen molar-refractivity contribution in [3.63, 3.8) is 0 Å². The Labute approximate surface area is 113 Å². The second kappa shape index (κ2) is 6.47. The number of carbonyl (C=O) groups is 1. The summed E-state index contributed by atoms with van der Waals surface area (Å²) in [6, 6.07) is 3.45. The summed E-state index contributed by atoms with van der Waals surface area (Å²) in [5.41, 5.74) is 0.351. The molecule has 19 heavy (non-hydrogen) atoms. The molecule has 104 valence electrons. The number of hydrogen-bond donors (Lipinski definition) is 1. The summed E-state index contributed by atoms with van der Waals surface area (Å²) < 4.78 is 5.62. The molecular weight excluding hydrogens is 244 g/mol. The molecule has 1 unspecified atom stereocenters. The Morgan fingerprint density at radius 1 is 1.42 bits per heavy atom. The Bertz CT molecular complexity index is 413. The van der Waals surface area contributed by atoms with Crippen LogP contribution < -0.4 is 5.32 Å². The van der Waals surface area contributed by atoms with Gasteiger partial charge in [0.15, 0.2) is 5.69 Å². The number of rotatable bonds is 4. The number of aromatic nitrogens is 2. The van der Waals surface area contributed by atoms with E-state index in [1.54, 1.807) is 26.2 Å². The highest BCUT2D eigenvalue weighted by atomic mass is 16.5. The van der Waals surface area contributed by atoms with Gasteiger partial charge in [-0.25, -0.2) is 0 Å². The Morgan fingerprint density at radius 3 is 2.84 bits per heavy atom. The zero-order valence-corrected chi connectivity index (χ0v) is 11.4. The summed E-state index contributed by atoms with van der Waals surface area (Å²) in [5.74, 6) is 0.527. The van der Waals surface area contributed by atoms with Crippen molar-refractivity contribution in [3.05, 3.63) is 17.8 Å². The minimum atomic E-state index is -0.144. The van der Waals surface area contributed by atoms with Gasteiger partial charge in [0.1, 0.15) is 5.82 Å². The highest BCUT2D eigenvalue weighted by Crippen LogP contribution is 2.13. The lowest BCUT2D eigenvalue weighted by Crippen LogP contribution is -2.27. The highest BCUT2D eigenvalue weighted by Gasteiger charge is 2.14. The van der Waals surface area contributed by atoms with E-state index in [1.165, 1.54) is 11.3 Å². The van der Waals surface area contributed by atoms with Gasteiger partial charge in [-0.15, -0.1) is 10.2 Å². The van der Waals surface area contributed by atoms with Crippen LogP contribution in [0.1, 0.15) is 29.8 Å². The van der Waals surface area contributed by atoms with Gasteiger partial charge in [0.05, 0.1) is 6.10 Å². The second-order valence-electron chi connectivity index (χ2n) is 4.87. The van der Waals surface area contributed by atoms with Crippen molar-refractivity contribution in [3.8, 4) is 0 Å². The molecule has 1 N–H and O–H groups in total. The first-order valence-corrected chi connectivity index (χ1v) is 6.57. The molecule has 0 bridgehead atoms. The van der Waals surface area contributed by atoms with Crippen molar-refractivity contribution >= 4 is 11.7 Å². The average Bonchev–Trinajstić information content (AvgIpc) is 2.46. The number of anilines is 1. The van der Waals surface area contributed by atoms with Gasteiger partial charge < -0.3 is 15.0 Å². The fraction of sp³-hybridized carbons (Fsp3) is 0.615. The first kappa shape index (κ1) is 13.7. The normalized spacial score (nSPS) is 18.9. The van der Waals surface area contributed by atoms with Crippen LogP contribution in [-0.4, -0.2) is 54.4 Å². The fourth-order valence-electron chi connectivity index (χ4n) is 1.96. The summed E-state index contributed by atoms with van der Waals surface area (Å²) in [5, 5.41) is 11.1. The van der Waals surface area contributed by atoms with Crippen LogP contribution in [0, 0.1) is 0 Å². The quantitative estimate of drug-likeness (QED) is 0.884. The van der Waals surface area contributed by atoms with Gasteiger partial charge in [0.2, 0.25) is 0 Å². The monoisotopic (exact) mass is 264 g/mol. The molecule has 0 spiro atoms. The lowest BCUT2D eigenvalue weighted by molar-refractivity contribution is 0.0247. The van der Waals surface area contributed by atoms with E-state index in [0.29, 0.717) is 11.5 Å². The zero-order chi connectivity index (χ0) is 13.7. The Hall–Kier alpha value is -1.69. The molecule has 2 heterocycles. The molecule has 1 atom stereocenters. The molecule has 0 aromatic carbocycles. The van der Waals surface area contributed by atoms with Gasteiger partial charge in [0, 0.05) is 27.2 Å². The van der Waals surface area contributed by atoms with Crippen LogP contribution in [0.2, 0.25) is 0 Å². The van der Waals surface area contributed by atoms with Gasteiger partial charge in [-0.2, -0.15) is 0 Å². The van der Waals surface area contributed by atoms with Crippen LogP contribution in [0.4, 0.5) is 5.82 Å². The lowest BCUT2D eigenvalue weighted by Gasteiger charge is -2.22.